The van der Waals surface area contributed by atoms with Crippen LogP contribution < -0.4 is 5.32 Å². The van der Waals surface area contributed by atoms with E-state index in [1.807, 2.05) is 12.1 Å². The fourth-order valence-electron chi connectivity index (χ4n) is 2.25. The molecule has 0 aliphatic rings. The highest BCUT2D eigenvalue weighted by Crippen LogP contribution is 2.26. The zero-order valence-corrected chi connectivity index (χ0v) is 12.9. The molecule has 4 aromatic heterocycles. The van der Waals surface area contributed by atoms with Gasteiger partial charge in [0.1, 0.15) is 17.0 Å². The number of pyridine rings is 2. The van der Waals surface area contributed by atoms with E-state index in [-0.39, 0.29) is 0 Å². The molecule has 118 valence electrons. The Labute approximate surface area is 141 Å². The minimum absolute atomic E-state index is 0.367. The van der Waals surface area contributed by atoms with Gasteiger partial charge in [0.25, 0.3) is 0 Å². The number of aromatic nitrogens is 5. The van der Waals surface area contributed by atoms with Crippen LogP contribution in [0.4, 0.5) is 15.9 Å². The van der Waals surface area contributed by atoms with Crippen LogP contribution in [0.2, 0.25) is 5.02 Å². The summed E-state index contributed by atoms with van der Waals surface area (Å²) in [4.78, 5) is 12.5. The third-order valence-corrected chi connectivity index (χ3v) is 3.67. The van der Waals surface area contributed by atoms with Crippen molar-refractivity contribution < 1.29 is 4.39 Å². The predicted octanol–water partition coefficient (Wildman–Crippen LogP) is 3.72. The zero-order chi connectivity index (χ0) is 16.5. The Balaban J connectivity index is 1.83. The first-order chi connectivity index (χ1) is 11.7. The summed E-state index contributed by atoms with van der Waals surface area (Å²) >= 11 is 6.14. The second-order valence-corrected chi connectivity index (χ2v) is 5.37. The number of hydrogen-bond acceptors (Lipinski definition) is 5. The Morgan fingerprint density at radius 1 is 1.12 bits per heavy atom. The molecule has 4 rings (SSSR count). The molecule has 0 unspecified atom stereocenters. The first kappa shape index (κ1) is 14.5. The summed E-state index contributed by atoms with van der Waals surface area (Å²) in [5, 5.41) is 8.05. The maximum atomic E-state index is 13.1. The van der Waals surface area contributed by atoms with E-state index >= 15 is 0 Å². The molecular weight excluding hydrogens is 331 g/mol. The highest BCUT2D eigenvalue weighted by molar-refractivity contribution is 6.33. The van der Waals surface area contributed by atoms with Crippen LogP contribution in [0.25, 0.3) is 17.0 Å². The van der Waals surface area contributed by atoms with E-state index < -0.39 is 5.82 Å². The van der Waals surface area contributed by atoms with Crippen LogP contribution in [0, 0.1) is 5.82 Å². The molecule has 4 aromatic rings. The summed E-state index contributed by atoms with van der Waals surface area (Å²) in [7, 11) is 0. The van der Waals surface area contributed by atoms with Gasteiger partial charge in [-0.3, -0.25) is 4.98 Å². The number of nitrogens with zero attached hydrogens (tertiary/aromatic N) is 5. The molecule has 0 bridgehead atoms. The minimum Gasteiger partial charge on any atom is -0.337 e. The normalized spacial score (nSPS) is 10.9. The van der Waals surface area contributed by atoms with Gasteiger partial charge in [-0.1, -0.05) is 11.6 Å². The van der Waals surface area contributed by atoms with E-state index in [2.05, 4.69) is 25.4 Å². The maximum Gasteiger partial charge on any atom is 0.200 e. The second-order valence-electron chi connectivity index (χ2n) is 4.96. The van der Waals surface area contributed by atoms with Crippen molar-refractivity contribution in [3.63, 3.8) is 0 Å². The number of nitrogens with one attached hydrogen (secondary N) is 1. The highest BCUT2D eigenvalue weighted by atomic mass is 35.5. The van der Waals surface area contributed by atoms with E-state index in [0.29, 0.717) is 28.0 Å². The average molecular weight is 341 g/mol. The molecular formula is C16H10ClFN6. The van der Waals surface area contributed by atoms with Crippen LogP contribution in [0.5, 0.6) is 0 Å². The number of hydrogen-bond donors (Lipinski definition) is 1. The maximum absolute atomic E-state index is 13.1. The van der Waals surface area contributed by atoms with Crippen LogP contribution in [0.15, 0.2) is 55.1 Å². The van der Waals surface area contributed by atoms with Gasteiger partial charge in [-0.05, 0) is 30.3 Å². The minimum atomic E-state index is -0.414. The van der Waals surface area contributed by atoms with Gasteiger partial charge in [-0.25, -0.2) is 18.9 Å². The largest absolute Gasteiger partial charge is 0.337 e. The third kappa shape index (κ3) is 2.65. The van der Waals surface area contributed by atoms with Crippen molar-refractivity contribution in [1.29, 1.82) is 0 Å². The summed E-state index contributed by atoms with van der Waals surface area (Å²) in [6, 6.07) is 8.33. The molecule has 6 nitrogen and oxygen atoms in total. The van der Waals surface area contributed by atoms with Crippen LogP contribution >= 0.6 is 11.6 Å². The molecule has 24 heavy (non-hydrogen) atoms. The van der Waals surface area contributed by atoms with Crippen LogP contribution in [-0.2, 0) is 0 Å². The Hall–Kier alpha value is -3.06. The smallest absolute Gasteiger partial charge is 0.200 e. The average Bonchev–Trinajstić information content (AvgIpc) is 3.06. The first-order valence-electron chi connectivity index (χ1n) is 7.04. The number of rotatable bonds is 3. The van der Waals surface area contributed by atoms with Crippen molar-refractivity contribution in [2.24, 2.45) is 0 Å². The second kappa shape index (κ2) is 5.86. The lowest BCUT2D eigenvalue weighted by Crippen LogP contribution is -2.04. The van der Waals surface area contributed by atoms with Gasteiger partial charge in [0, 0.05) is 18.6 Å². The third-order valence-electron chi connectivity index (χ3n) is 3.37. The summed E-state index contributed by atoms with van der Waals surface area (Å²) < 4.78 is 14.7. The molecule has 0 amide bonds. The van der Waals surface area contributed by atoms with E-state index in [9.17, 15) is 4.39 Å². The number of halogens is 2. The van der Waals surface area contributed by atoms with Crippen LogP contribution in [-0.4, -0.2) is 24.6 Å². The summed E-state index contributed by atoms with van der Waals surface area (Å²) in [5.41, 5.74) is 1.91. The molecule has 0 saturated heterocycles. The quantitative estimate of drug-likeness (QED) is 0.615. The first-order valence-corrected chi connectivity index (χ1v) is 7.42. The van der Waals surface area contributed by atoms with Crippen molar-refractivity contribution >= 4 is 28.6 Å². The van der Waals surface area contributed by atoms with Crippen molar-refractivity contribution in [3.05, 3.63) is 66.0 Å². The van der Waals surface area contributed by atoms with E-state index in [0.717, 1.165) is 11.7 Å². The lowest BCUT2D eigenvalue weighted by atomic mass is 10.3. The summed E-state index contributed by atoms with van der Waals surface area (Å²) in [6.45, 7) is 0. The molecule has 0 aliphatic carbocycles. The molecule has 0 aromatic carbocycles. The van der Waals surface area contributed by atoms with E-state index in [1.54, 1.807) is 29.2 Å². The molecule has 0 radical (unpaired) electrons. The topological polar surface area (TPSA) is 68.0 Å². The van der Waals surface area contributed by atoms with Crippen molar-refractivity contribution in [1.82, 2.24) is 24.6 Å². The van der Waals surface area contributed by atoms with Crippen molar-refractivity contribution in [2.75, 3.05) is 5.32 Å². The highest BCUT2D eigenvalue weighted by Gasteiger charge is 2.12. The van der Waals surface area contributed by atoms with Gasteiger partial charge in [0.15, 0.2) is 5.82 Å². The van der Waals surface area contributed by atoms with Crippen LogP contribution in [0.3, 0.4) is 0 Å². The fraction of sp³-hybridized carbons (Fsp3) is 0. The van der Waals surface area contributed by atoms with Crippen molar-refractivity contribution in [3.8, 4) is 11.5 Å². The molecule has 1 N–H and O–H groups in total. The van der Waals surface area contributed by atoms with Gasteiger partial charge in [0.05, 0.1) is 16.9 Å². The summed E-state index contributed by atoms with van der Waals surface area (Å²) in [5.74, 6) is 0.512. The standard InChI is InChI=1S/C16H10ClFN6/c17-11-9-19-6-5-12(11)21-16-14-2-1-7-24(14)23-15(22-16)13-4-3-10(18)8-20-13/h1-9H,(H,19,21,22,23). The lowest BCUT2D eigenvalue weighted by molar-refractivity contribution is 0.621. The van der Waals surface area contributed by atoms with Gasteiger partial charge in [0.2, 0.25) is 5.82 Å². The number of anilines is 2. The van der Waals surface area contributed by atoms with Crippen molar-refractivity contribution in [2.45, 2.75) is 0 Å². The monoisotopic (exact) mass is 340 g/mol. The Morgan fingerprint density at radius 3 is 2.83 bits per heavy atom. The fourth-order valence-corrected chi connectivity index (χ4v) is 2.41. The number of fused-ring (bicyclic) bond motifs is 1. The molecule has 0 saturated carbocycles. The molecule has 0 fully saturated rings. The molecule has 4 heterocycles. The van der Waals surface area contributed by atoms with E-state index in [1.165, 1.54) is 12.1 Å². The molecule has 0 atom stereocenters. The van der Waals surface area contributed by atoms with E-state index in [4.69, 9.17) is 11.6 Å². The lowest BCUT2D eigenvalue weighted by Gasteiger charge is -2.10. The molecule has 0 spiro atoms. The van der Waals surface area contributed by atoms with Gasteiger partial charge in [-0.15, -0.1) is 5.10 Å². The SMILES string of the molecule is Fc1ccc(-c2nc(Nc3ccncc3Cl)c3cccn3n2)nc1. The Bertz CT molecular complexity index is 1010. The van der Waals surface area contributed by atoms with Gasteiger partial charge >= 0.3 is 0 Å². The Kier molecular flexibility index (Phi) is 3.55. The predicted molar refractivity (Wildman–Crippen MR) is 88.7 cm³/mol. The van der Waals surface area contributed by atoms with Gasteiger partial charge < -0.3 is 5.32 Å². The molecule has 8 heteroatoms. The zero-order valence-electron chi connectivity index (χ0n) is 12.2. The Morgan fingerprint density at radius 2 is 2.04 bits per heavy atom. The van der Waals surface area contributed by atoms with Crippen LogP contribution in [0.1, 0.15) is 0 Å². The molecule has 0 aliphatic heterocycles. The van der Waals surface area contributed by atoms with Gasteiger partial charge in [-0.2, -0.15) is 0 Å². The summed E-state index contributed by atoms with van der Waals surface area (Å²) in [6.07, 6.45) is 6.10.